The lowest BCUT2D eigenvalue weighted by Gasteiger charge is -2.33. The van der Waals surface area contributed by atoms with Gasteiger partial charge in [0.05, 0.1) is 10.6 Å². The molecule has 4 aromatic carbocycles. The molecule has 7 nitrogen and oxygen atoms in total. The van der Waals surface area contributed by atoms with E-state index in [0.29, 0.717) is 15.7 Å². The Hall–Kier alpha value is -3.85. The van der Waals surface area contributed by atoms with E-state index in [1.165, 1.54) is 36.2 Å². The van der Waals surface area contributed by atoms with E-state index >= 15 is 0 Å². The van der Waals surface area contributed by atoms with E-state index in [2.05, 4.69) is 5.32 Å². The van der Waals surface area contributed by atoms with Gasteiger partial charge in [-0.25, -0.2) is 8.42 Å². The Morgan fingerprint density at radius 2 is 1.43 bits per heavy atom. The lowest BCUT2D eigenvalue weighted by atomic mass is 10.0. The topological polar surface area (TPSA) is 86.8 Å². The van der Waals surface area contributed by atoms with Gasteiger partial charge in [0.1, 0.15) is 12.6 Å². The van der Waals surface area contributed by atoms with Crippen LogP contribution in [-0.4, -0.2) is 44.8 Å². The van der Waals surface area contributed by atoms with Crippen LogP contribution in [-0.2, 0) is 32.6 Å². The molecule has 0 saturated carbocycles. The van der Waals surface area contributed by atoms with Crippen molar-refractivity contribution >= 4 is 50.7 Å². The first-order valence-corrected chi connectivity index (χ1v) is 15.4. The van der Waals surface area contributed by atoms with Crippen LogP contribution in [0, 0.1) is 6.92 Å². The molecule has 1 atom stereocenters. The van der Waals surface area contributed by atoms with E-state index < -0.39 is 28.5 Å². The zero-order chi connectivity index (χ0) is 30.3. The van der Waals surface area contributed by atoms with E-state index in [4.69, 9.17) is 23.2 Å². The van der Waals surface area contributed by atoms with Crippen molar-refractivity contribution in [3.05, 3.63) is 130 Å². The van der Waals surface area contributed by atoms with Crippen molar-refractivity contribution in [2.24, 2.45) is 0 Å². The molecule has 10 heteroatoms. The Morgan fingerprint density at radius 3 is 2.02 bits per heavy atom. The summed E-state index contributed by atoms with van der Waals surface area (Å²) in [5.74, 6) is -0.919. The molecule has 0 aliphatic rings. The number of benzene rings is 4. The predicted octanol–water partition coefficient (Wildman–Crippen LogP) is 5.88. The minimum Gasteiger partial charge on any atom is -0.357 e. The number of carbonyl (C=O) groups is 2. The Morgan fingerprint density at radius 1 is 0.810 bits per heavy atom. The molecule has 1 N–H and O–H groups in total. The van der Waals surface area contributed by atoms with Crippen LogP contribution in [0.15, 0.2) is 108 Å². The van der Waals surface area contributed by atoms with Gasteiger partial charge in [0.2, 0.25) is 11.8 Å². The van der Waals surface area contributed by atoms with Crippen molar-refractivity contribution in [2.45, 2.75) is 30.8 Å². The van der Waals surface area contributed by atoms with Gasteiger partial charge in [-0.2, -0.15) is 0 Å². The number of rotatable bonds is 11. The second-order valence-corrected chi connectivity index (χ2v) is 12.5. The summed E-state index contributed by atoms with van der Waals surface area (Å²) < 4.78 is 29.0. The van der Waals surface area contributed by atoms with E-state index in [1.54, 1.807) is 42.5 Å². The number of carbonyl (C=O) groups excluding carboxylic acids is 2. The number of amides is 2. The van der Waals surface area contributed by atoms with Crippen LogP contribution in [0.3, 0.4) is 0 Å². The van der Waals surface area contributed by atoms with Crippen LogP contribution in [0.5, 0.6) is 0 Å². The van der Waals surface area contributed by atoms with Gasteiger partial charge in [-0.05, 0) is 72.1 Å². The molecular formula is C32H31Cl2N3O4S. The number of nitrogens with one attached hydrogen (secondary N) is 1. The maximum absolute atomic E-state index is 14.3. The smallest absolute Gasteiger partial charge is 0.264 e. The molecule has 0 spiro atoms. The molecule has 0 aliphatic heterocycles. The third kappa shape index (κ3) is 7.70. The van der Waals surface area contributed by atoms with Gasteiger partial charge in [-0.3, -0.25) is 13.9 Å². The fourth-order valence-electron chi connectivity index (χ4n) is 4.55. The molecule has 42 heavy (non-hydrogen) atoms. The first-order valence-electron chi connectivity index (χ1n) is 13.2. The highest BCUT2D eigenvalue weighted by Gasteiger charge is 2.34. The van der Waals surface area contributed by atoms with Crippen LogP contribution in [0.4, 0.5) is 5.69 Å². The average molecular weight is 625 g/mol. The van der Waals surface area contributed by atoms with Crippen molar-refractivity contribution in [3.8, 4) is 0 Å². The minimum absolute atomic E-state index is 0.0161. The summed E-state index contributed by atoms with van der Waals surface area (Å²) in [7, 11) is -2.69. The Bertz CT molecular complexity index is 1630. The number of sulfonamides is 1. The highest BCUT2D eigenvalue weighted by Crippen LogP contribution is 2.27. The van der Waals surface area contributed by atoms with Gasteiger partial charge >= 0.3 is 0 Å². The van der Waals surface area contributed by atoms with Crippen LogP contribution in [0.1, 0.15) is 16.7 Å². The monoisotopic (exact) mass is 623 g/mol. The quantitative estimate of drug-likeness (QED) is 0.226. The van der Waals surface area contributed by atoms with Crippen molar-refractivity contribution in [1.29, 1.82) is 0 Å². The minimum atomic E-state index is -4.20. The number of anilines is 1. The van der Waals surface area contributed by atoms with Crippen LogP contribution in [0.25, 0.3) is 0 Å². The summed E-state index contributed by atoms with van der Waals surface area (Å²) in [6.07, 6.45) is 0.230. The van der Waals surface area contributed by atoms with E-state index in [-0.39, 0.29) is 23.8 Å². The molecular weight excluding hydrogens is 593 g/mol. The number of hydrogen-bond acceptors (Lipinski definition) is 4. The summed E-state index contributed by atoms with van der Waals surface area (Å²) in [5, 5.41) is 3.59. The third-order valence-electron chi connectivity index (χ3n) is 6.75. The summed E-state index contributed by atoms with van der Waals surface area (Å²) >= 11 is 12.1. The fraction of sp³-hybridized carbons (Fsp3) is 0.188. The van der Waals surface area contributed by atoms with Crippen molar-refractivity contribution in [2.75, 3.05) is 17.9 Å². The molecule has 0 saturated heterocycles. The summed E-state index contributed by atoms with van der Waals surface area (Å²) in [4.78, 5) is 29.0. The lowest BCUT2D eigenvalue weighted by molar-refractivity contribution is -0.139. The zero-order valence-electron chi connectivity index (χ0n) is 23.2. The van der Waals surface area contributed by atoms with Crippen molar-refractivity contribution < 1.29 is 18.0 Å². The van der Waals surface area contributed by atoms with Gasteiger partial charge < -0.3 is 10.2 Å². The second kappa shape index (κ2) is 13.9. The normalized spacial score (nSPS) is 11.9. The van der Waals surface area contributed by atoms with E-state index in [9.17, 15) is 18.0 Å². The molecule has 4 rings (SSSR count). The van der Waals surface area contributed by atoms with Crippen molar-refractivity contribution in [3.63, 3.8) is 0 Å². The number of hydrogen-bond donors (Lipinski definition) is 1. The molecule has 4 aromatic rings. The molecule has 0 radical (unpaired) electrons. The molecule has 0 fully saturated rings. The van der Waals surface area contributed by atoms with Gasteiger partial charge in [0.15, 0.2) is 0 Å². The summed E-state index contributed by atoms with van der Waals surface area (Å²) in [6.45, 7) is 1.36. The maximum atomic E-state index is 14.3. The number of halogens is 2. The van der Waals surface area contributed by atoms with Gasteiger partial charge in [0, 0.05) is 30.1 Å². The molecule has 0 bridgehead atoms. The molecule has 0 aliphatic carbocycles. The first-order chi connectivity index (χ1) is 20.1. The van der Waals surface area contributed by atoms with Crippen LogP contribution in [0.2, 0.25) is 10.0 Å². The fourth-order valence-corrected chi connectivity index (χ4v) is 6.21. The van der Waals surface area contributed by atoms with Crippen LogP contribution < -0.4 is 9.62 Å². The standard InChI is InChI=1S/C32H31Cl2N3O4S/c1-23-7-6-10-28(19-23)37(42(40,41)29-17-15-27(34)16-18-29)22-31(38)36(21-25-11-13-26(33)14-12-25)30(32(39)35-2)20-24-8-4-3-5-9-24/h3-19,30H,20-22H2,1-2H3,(H,35,39). The summed E-state index contributed by atoms with van der Waals surface area (Å²) in [5.41, 5.74) is 2.73. The van der Waals surface area contributed by atoms with Gasteiger partial charge in [0.25, 0.3) is 10.0 Å². The molecule has 0 aromatic heterocycles. The van der Waals surface area contributed by atoms with Crippen molar-refractivity contribution in [1.82, 2.24) is 10.2 Å². The highest BCUT2D eigenvalue weighted by molar-refractivity contribution is 7.92. The molecule has 0 heterocycles. The Labute approximate surface area is 256 Å². The first kappa shape index (κ1) is 31.1. The van der Waals surface area contributed by atoms with Crippen LogP contribution >= 0.6 is 23.2 Å². The van der Waals surface area contributed by atoms with Gasteiger partial charge in [-0.15, -0.1) is 0 Å². The number of likely N-dealkylation sites (N-methyl/N-ethyl adjacent to an activating group) is 1. The Kier molecular flexibility index (Phi) is 10.3. The van der Waals surface area contributed by atoms with E-state index in [0.717, 1.165) is 21.0 Å². The third-order valence-corrected chi connectivity index (χ3v) is 9.05. The molecule has 218 valence electrons. The largest absolute Gasteiger partial charge is 0.357 e. The van der Waals surface area contributed by atoms with Gasteiger partial charge in [-0.1, -0.05) is 77.8 Å². The zero-order valence-corrected chi connectivity index (χ0v) is 25.5. The molecule has 1 unspecified atom stereocenters. The maximum Gasteiger partial charge on any atom is 0.264 e. The number of nitrogens with zero attached hydrogens (tertiary/aromatic N) is 2. The highest BCUT2D eigenvalue weighted by atomic mass is 35.5. The van der Waals surface area contributed by atoms with E-state index in [1.807, 2.05) is 43.3 Å². The lowest BCUT2D eigenvalue weighted by Crippen LogP contribution is -2.53. The SMILES string of the molecule is CNC(=O)C(Cc1ccccc1)N(Cc1ccc(Cl)cc1)C(=O)CN(c1cccc(C)c1)S(=O)(=O)c1ccc(Cl)cc1. The average Bonchev–Trinajstić information content (AvgIpc) is 2.98. The Balaban J connectivity index is 1.78. The second-order valence-electron chi connectivity index (χ2n) is 9.77. The summed E-state index contributed by atoms with van der Waals surface area (Å²) in [6, 6.07) is 28.1. The number of aryl methyl sites for hydroxylation is 1. The molecule has 2 amide bonds. The predicted molar refractivity (Wildman–Crippen MR) is 167 cm³/mol.